The van der Waals surface area contributed by atoms with Crippen molar-refractivity contribution in [3.05, 3.63) is 42.0 Å². The van der Waals surface area contributed by atoms with Crippen LogP contribution in [0, 0.1) is 12.8 Å². The van der Waals surface area contributed by atoms with Crippen LogP contribution >= 0.6 is 0 Å². The second kappa shape index (κ2) is 10.4. The molecule has 7 heteroatoms. The molecule has 26 heavy (non-hydrogen) atoms. The Hall–Kier alpha value is -1.70. The van der Waals surface area contributed by atoms with Gasteiger partial charge in [0.05, 0.1) is 24.7 Å². The third-order valence-corrected chi connectivity index (χ3v) is 6.40. The van der Waals surface area contributed by atoms with Gasteiger partial charge in [0, 0.05) is 12.6 Å². The minimum Gasteiger partial charge on any atom is -0.466 e. The van der Waals surface area contributed by atoms with Crippen LogP contribution in [0.2, 0.25) is 0 Å². The number of benzene rings is 1. The summed E-state index contributed by atoms with van der Waals surface area (Å²) in [6.07, 6.45) is 3.93. The van der Waals surface area contributed by atoms with Crippen LogP contribution in [0.3, 0.4) is 0 Å². The lowest BCUT2D eigenvalue weighted by atomic mass is 10.00. The van der Waals surface area contributed by atoms with Crippen molar-refractivity contribution in [1.29, 1.82) is 0 Å². The Morgan fingerprint density at radius 2 is 1.92 bits per heavy atom. The molecule has 0 aliphatic heterocycles. The van der Waals surface area contributed by atoms with Crippen molar-refractivity contribution in [3.63, 3.8) is 0 Å². The van der Waals surface area contributed by atoms with Crippen LogP contribution < -0.4 is 0 Å². The van der Waals surface area contributed by atoms with Crippen LogP contribution in [0.4, 0.5) is 0 Å². The van der Waals surface area contributed by atoms with Crippen molar-refractivity contribution in [1.82, 2.24) is 4.31 Å². The van der Waals surface area contributed by atoms with Gasteiger partial charge in [-0.1, -0.05) is 44.0 Å². The SMILES string of the molecule is CC[C@H](C)[C@@H](CO)N(CC/C=C/C(=O)OC)S(=O)(=O)c1ccc(C)cc1. The van der Waals surface area contributed by atoms with Gasteiger partial charge in [-0.05, 0) is 31.4 Å². The number of sulfonamides is 1. The maximum Gasteiger partial charge on any atom is 0.330 e. The van der Waals surface area contributed by atoms with E-state index < -0.39 is 22.0 Å². The van der Waals surface area contributed by atoms with Gasteiger partial charge in [-0.3, -0.25) is 0 Å². The fourth-order valence-corrected chi connectivity index (χ4v) is 4.31. The van der Waals surface area contributed by atoms with Gasteiger partial charge in [-0.2, -0.15) is 4.31 Å². The van der Waals surface area contributed by atoms with Crippen LogP contribution in [0.5, 0.6) is 0 Å². The lowest BCUT2D eigenvalue weighted by Crippen LogP contribution is -2.46. The molecule has 0 aromatic heterocycles. The predicted molar refractivity (Wildman–Crippen MR) is 101 cm³/mol. The summed E-state index contributed by atoms with van der Waals surface area (Å²) in [6.45, 7) is 5.67. The van der Waals surface area contributed by atoms with Crippen LogP contribution in [-0.4, -0.2) is 50.1 Å². The Morgan fingerprint density at radius 3 is 2.42 bits per heavy atom. The fraction of sp³-hybridized carbons (Fsp3) is 0.526. The number of nitrogens with zero attached hydrogens (tertiary/aromatic N) is 1. The lowest BCUT2D eigenvalue weighted by Gasteiger charge is -2.33. The molecule has 0 spiro atoms. The number of aryl methyl sites for hydroxylation is 1. The number of rotatable bonds is 10. The molecule has 2 atom stereocenters. The van der Waals surface area contributed by atoms with E-state index in [1.165, 1.54) is 17.5 Å². The quantitative estimate of drug-likeness (QED) is 0.496. The highest BCUT2D eigenvalue weighted by Gasteiger charge is 2.33. The smallest absolute Gasteiger partial charge is 0.330 e. The number of methoxy groups -OCH3 is 1. The molecule has 0 aliphatic rings. The molecule has 0 unspecified atom stereocenters. The number of aliphatic hydroxyl groups excluding tert-OH is 1. The molecule has 0 bridgehead atoms. The summed E-state index contributed by atoms with van der Waals surface area (Å²) in [5, 5.41) is 9.84. The summed E-state index contributed by atoms with van der Waals surface area (Å²) in [4.78, 5) is 11.4. The molecule has 0 aliphatic carbocycles. The number of hydrogen-bond donors (Lipinski definition) is 1. The first-order valence-electron chi connectivity index (χ1n) is 8.71. The summed E-state index contributed by atoms with van der Waals surface area (Å²) < 4.78 is 32.2. The molecule has 146 valence electrons. The van der Waals surface area contributed by atoms with E-state index >= 15 is 0 Å². The largest absolute Gasteiger partial charge is 0.466 e. The first-order chi connectivity index (χ1) is 12.3. The molecule has 0 amide bonds. The van der Waals surface area contributed by atoms with E-state index in [2.05, 4.69) is 4.74 Å². The molecule has 0 saturated carbocycles. The minimum atomic E-state index is -3.77. The van der Waals surface area contributed by atoms with Crippen LogP contribution in [0.1, 0.15) is 32.3 Å². The zero-order valence-electron chi connectivity index (χ0n) is 15.9. The lowest BCUT2D eigenvalue weighted by molar-refractivity contribution is -0.134. The van der Waals surface area contributed by atoms with E-state index in [-0.39, 0.29) is 24.0 Å². The molecule has 1 N–H and O–H groups in total. The molecule has 0 radical (unpaired) electrons. The average molecular weight is 384 g/mol. The summed E-state index contributed by atoms with van der Waals surface area (Å²) in [5.41, 5.74) is 0.970. The number of aliphatic hydroxyl groups is 1. The number of carbonyl (C=O) groups excluding carboxylic acids is 1. The van der Waals surface area contributed by atoms with Crippen LogP contribution in [-0.2, 0) is 19.6 Å². The van der Waals surface area contributed by atoms with Gasteiger partial charge in [-0.15, -0.1) is 0 Å². The zero-order chi connectivity index (χ0) is 19.7. The number of carbonyl (C=O) groups is 1. The van der Waals surface area contributed by atoms with Gasteiger partial charge in [0.15, 0.2) is 0 Å². The van der Waals surface area contributed by atoms with E-state index in [0.29, 0.717) is 6.42 Å². The molecule has 1 aromatic carbocycles. The highest BCUT2D eigenvalue weighted by Crippen LogP contribution is 2.24. The van der Waals surface area contributed by atoms with Crippen molar-refractivity contribution in [2.24, 2.45) is 5.92 Å². The number of esters is 1. The molecule has 6 nitrogen and oxygen atoms in total. The summed E-state index contributed by atoms with van der Waals surface area (Å²) in [7, 11) is -2.48. The van der Waals surface area contributed by atoms with Gasteiger partial charge >= 0.3 is 5.97 Å². The maximum absolute atomic E-state index is 13.1. The van der Waals surface area contributed by atoms with Crippen LogP contribution in [0.15, 0.2) is 41.3 Å². The first-order valence-corrected chi connectivity index (χ1v) is 10.2. The monoisotopic (exact) mass is 383 g/mol. The molecular weight excluding hydrogens is 354 g/mol. The standard InChI is InChI=1S/C19H29NO5S/c1-5-16(3)18(14-21)20(13-7-6-8-19(22)25-4)26(23,24)17-11-9-15(2)10-12-17/h6,8-12,16,18,21H,5,7,13-14H2,1-4H3/b8-6+/t16-,18+/m0/s1. The second-order valence-electron chi connectivity index (χ2n) is 6.28. The van der Waals surface area contributed by atoms with Gasteiger partial charge < -0.3 is 9.84 Å². The fourth-order valence-electron chi connectivity index (χ4n) is 2.59. The molecule has 0 saturated heterocycles. The third kappa shape index (κ3) is 5.93. The van der Waals surface area contributed by atoms with Gasteiger partial charge in [0.2, 0.25) is 10.0 Å². The Kier molecular flexibility index (Phi) is 8.98. The highest BCUT2D eigenvalue weighted by atomic mass is 32.2. The second-order valence-corrected chi connectivity index (χ2v) is 8.17. The van der Waals surface area contributed by atoms with Crippen molar-refractivity contribution in [2.75, 3.05) is 20.3 Å². The molecule has 1 aromatic rings. The molecule has 0 fully saturated rings. The van der Waals surface area contributed by atoms with Crippen molar-refractivity contribution >= 4 is 16.0 Å². The van der Waals surface area contributed by atoms with E-state index in [9.17, 15) is 18.3 Å². The summed E-state index contributed by atoms with van der Waals surface area (Å²) in [5.74, 6) is -0.497. The molecule has 1 rings (SSSR count). The van der Waals surface area contributed by atoms with Gasteiger partial charge in [0.25, 0.3) is 0 Å². The van der Waals surface area contributed by atoms with E-state index in [4.69, 9.17) is 0 Å². The van der Waals surface area contributed by atoms with Gasteiger partial charge in [0.1, 0.15) is 0 Å². The zero-order valence-corrected chi connectivity index (χ0v) is 16.7. The Bertz CT molecular complexity index is 697. The predicted octanol–water partition coefficient (Wildman–Crippen LogP) is 2.51. The number of ether oxygens (including phenoxy) is 1. The maximum atomic E-state index is 13.1. The summed E-state index contributed by atoms with van der Waals surface area (Å²) >= 11 is 0. The average Bonchev–Trinajstić information content (AvgIpc) is 2.63. The minimum absolute atomic E-state index is 0.00944. The van der Waals surface area contributed by atoms with Crippen molar-refractivity contribution < 1.29 is 23.1 Å². The third-order valence-electron chi connectivity index (χ3n) is 4.46. The summed E-state index contributed by atoms with van der Waals surface area (Å²) in [6, 6.07) is 6.12. The highest BCUT2D eigenvalue weighted by molar-refractivity contribution is 7.89. The van der Waals surface area contributed by atoms with E-state index in [1.54, 1.807) is 30.3 Å². The van der Waals surface area contributed by atoms with Gasteiger partial charge in [-0.25, -0.2) is 13.2 Å². The van der Waals surface area contributed by atoms with Crippen molar-refractivity contribution in [2.45, 2.75) is 44.6 Å². The van der Waals surface area contributed by atoms with E-state index in [1.807, 2.05) is 20.8 Å². The molecular formula is C19H29NO5S. The topological polar surface area (TPSA) is 83.9 Å². The Labute approximate surface area is 156 Å². The molecule has 0 heterocycles. The van der Waals surface area contributed by atoms with Crippen molar-refractivity contribution in [3.8, 4) is 0 Å². The Balaban J connectivity index is 3.15. The Morgan fingerprint density at radius 1 is 1.31 bits per heavy atom. The number of hydrogen-bond acceptors (Lipinski definition) is 5. The first kappa shape index (κ1) is 22.3. The van der Waals surface area contributed by atoms with E-state index in [0.717, 1.165) is 12.0 Å². The normalized spacial score (nSPS) is 14.5. The van der Waals surface area contributed by atoms with Crippen LogP contribution in [0.25, 0.3) is 0 Å².